The van der Waals surface area contributed by atoms with Crippen molar-refractivity contribution in [3.63, 3.8) is 0 Å². The zero-order valence-corrected chi connectivity index (χ0v) is 19.5. The summed E-state index contributed by atoms with van der Waals surface area (Å²) in [6.45, 7) is 7.32. The first kappa shape index (κ1) is 22.8. The summed E-state index contributed by atoms with van der Waals surface area (Å²) in [5, 5.41) is 11.3. The van der Waals surface area contributed by atoms with E-state index in [1.165, 1.54) is 4.68 Å². The fraction of sp³-hybridized carbons (Fsp3) is 0.526. The minimum atomic E-state index is -0.554. The van der Waals surface area contributed by atoms with E-state index in [0.29, 0.717) is 54.3 Å². The normalized spacial score (nSPS) is 15.0. The lowest BCUT2D eigenvalue weighted by molar-refractivity contribution is -0.136. The molecule has 0 aromatic carbocycles. The Morgan fingerprint density at radius 2 is 1.87 bits per heavy atom. The standard InChI is InChI=1S/C19H26BrN7O4/c1-5-31-19(30)26-8-6-25(7-9-26)18(29)13(3)27-11-15(12(2)23-27)22-17(28)16-14(20)10-21-24(16)4/h10-11,13H,5-9H2,1-4H3,(H,22,28). The first-order valence-corrected chi connectivity index (χ1v) is 10.8. The van der Waals surface area contributed by atoms with Gasteiger partial charge in [0.15, 0.2) is 0 Å². The highest BCUT2D eigenvalue weighted by atomic mass is 79.9. The van der Waals surface area contributed by atoms with Crippen LogP contribution in [-0.2, 0) is 16.6 Å². The van der Waals surface area contributed by atoms with Gasteiger partial charge in [0.25, 0.3) is 5.91 Å². The lowest BCUT2D eigenvalue weighted by atomic mass is 10.2. The zero-order chi connectivity index (χ0) is 22.7. The average Bonchev–Trinajstić information content (AvgIpc) is 3.28. The molecule has 0 spiro atoms. The fourth-order valence-corrected chi connectivity index (χ4v) is 3.88. The molecule has 0 saturated carbocycles. The number of anilines is 1. The smallest absolute Gasteiger partial charge is 0.409 e. The third kappa shape index (κ3) is 4.89. The van der Waals surface area contributed by atoms with Gasteiger partial charge in [-0.15, -0.1) is 0 Å². The number of halogens is 1. The van der Waals surface area contributed by atoms with E-state index in [0.717, 1.165) is 0 Å². The van der Waals surface area contributed by atoms with Gasteiger partial charge in [0.05, 0.1) is 28.7 Å². The lowest BCUT2D eigenvalue weighted by Gasteiger charge is -2.35. The van der Waals surface area contributed by atoms with E-state index in [1.54, 1.807) is 54.7 Å². The lowest BCUT2D eigenvalue weighted by Crippen LogP contribution is -2.52. The number of piperazine rings is 1. The maximum absolute atomic E-state index is 12.9. The van der Waals surface area contributed by atoms with E-state index in [-0.39, 0.29) is 17.9 Å². The van der Waals surface area contributed by atoms with E-state index in [1.807, 2.05) is 0 Å². The number of aromatic nitrogens is 4. The molecule has 12 heteroatoms. The van der Waals surface area contributed by atoms with E-state index in [9.17, 15) is 14.4 Å². The Kier molecular flexibility index (Phi) is 6.98. The first-order valence-electron chi connectivity index (χ1n) is 9.98. The Labute approximate surface area is 188 Å². The first-order chi connectivity index (χ1) is 14.7. The fourth-order valence-electron chi connectivity index (χ4n) is 3.35. The van der Waals surface area contributed by atoms with Crippen LogP contribution < -0.4 is 5.32 Å². The Morgan fingerprint density at radius 1 is 1.23 bits per heavy atom. The van der Waals surface area contributed by atoms with Crippen molar-refractivity contribution in [3.05, 3.63) is 28.3 Å². The van der Waals surface area contributed by atoms with Crippen molar-refractivity contribution in [2.24, 2.45) is 7.05 Å². The molecule has 1 aliphatic rings. The number of nitrogens with one attached hydrogen (secondary N) is 1. The minimum absolute atomic E-state index is 0.0988. The van der Waals surface area contributed by atoms with Crippen molar-refractivity contribution in [3.8, 4) is 0 Å². The highest BCUT2D eigenvalue weighted by molar-refractivity contribution is 9.10. The molecule has 1 N–H and O–H groups in total. The Hall–Kier alpha value is -2.89. The van der Waals surface area contributed by atoms with Crippen LogP contribution in [0.3, 0.4) is 0 Å². The van der Waals surface area contributed by atoms with Gasteiger partial charge in [-0.3, -0.25) is 19.0 Å². The molecule has 0 aliphatic carbocycles. The monoisotopic (exact) mass is 495 g/mol. The predicted molar refractivity (Wildman–Crippen MR) is 116 cm³/mol. The van der Waals surface area contributed by atoms with Crippen molar-refractivity contribution >= 4 is 39.5 Å². The average molecular weight is 496 g/mol. The van der Waals surface area contributed by atoms with Crippen LogP contribution in [0.25, 0.3) is 0 Å². The van der Waals surface area contributed by atoms with Crippen LogP contribution in [0.5, 0.6) is 0 Å². The Bertz CT molecular complexity index is 959. The third-order valence-corrected chi connectivity index (χ3v) is 5.73. The van der Waals surface area contributed by atoms with Crippen LogP contribution in [0.15, 0.2) is 16.9 Å². The summed E-state index contributed by atoms with van der Waals surface area (Å²) in [6.07, 6.45) is 2.84. The van der Waals surface area contributed by atoms with E-state index in [2.05, 4.69) is 31.4 Å². The van der Waals surface area contributed by atoms with Crippen LogP contribution in [0.1, 0.15) is 36.1 Å². The van der Waals surface area contributed by atoms with E-state index >= 15 is 0 Å². The second-order valence-corrected chi connectivity index (χ2v) is 8.07. The van der Waals surface area contributed by atoms with Gasteiger partial charge >= 0.3 is 6.09 Å². The molecule has 1 unspecified atom stereocenters. The summed E-state index contributed by atoms with van der Waals surface area (Å²) in [7, 11) is 1.68. The van der Waals surface area contributed by atoms with Gasteiger partial charge in [-0.05, 0) is 36.7 Å². The van der Waals surface area contributed by atoms with Crippen LogP contribution >= 0.6 is 15.9 Å². The molecule has 1 aliphatic heterocycles. The molecule has 1 fully saturated rings. The largest absolute Gasteiger partial charge is 0.450 e. The molecule has 1 atom stereocenters. The van der Waals surface area contributed by atoms with Crippen LogP contribution in [0.4, 0.5) is 10.5 Å². The van der Waals surface area contributed by atoms with Crippen LogP contribution in [-0.4, -0.2) is 80.1 Å². The van der Waals surface area contributed by atoms with Gasteiger partial charge in [0.2, 0.25) is 5.91 Å². The summed E-state index contributed by atoms with van der Waals surface area (Å²) in [6, 6.07) is -0.554. The SMILES string of the molecule is CCOC(=O)N1CCN(C(=O)C(C)n2cc(NC(=O)c3c(Br)cnn3C)c(C)n2)CC1. The number of carbonyl (C=O) groups excluding carboxylic acids is 3. The molecule has 2 aromatic heterocycles. The second kappa shape index (κ2) is 9.50. The van der Waals surface area contributed by atoms with Gasteiger partial charge in [0.1, 0.15) is 11.7 Å². The maximum Gasteiger partial charge on any atom is 0.409 e. The number of amides is 3. The van der Waals surface area contributed by atoms with Gasteiger partial charge < -0.3 is 19.9 Å². The Morgan fingerprint density at radius 3 is 2.45 bits per heavy atom. The topological polar surface area (TPSA) is 115 Å². The van der Waals surface area contributed by atoms with Gasteiger partial charge in [-0.25, -0.2) is 4.79 Å². The molecule has 3 rings (SSSR count). The third-order valence-electron chi connectivity index (χ3n) is 5.15. The number of carbonyl (C=O) groups is 3. The van der Waals surface area contributed by atoms with Crippen molar-refractivity contribution in [2.45, 2.75) is 26.8 Å². The van der Waals surface area contributed by atoms with Crippen LogP contribution in [0, 0.1) is 6.92 Å². The molecule has 0 radical (unpaired) electrons. The van der Waals surface area contributed by atoms with Gasteiger partial charge in [0, 0.05) is 39.4 Å². The number of hydrogen-bond donors (Lipinski definition) is 1. The summed E-state index contributed by atoms with van der Waals surface area (Å²) in [5.41, 5.74) is 1.50. The molecular weight excluding hydrogens is 470 g/mol. The van der Waals surface area contributed by atoms with E-state index in [4.69, 9.17) is 4.74 Å². The summed E-state index contributed by atoms with van der Waals surface area (Å²) >= 11 is 3.32. The molecule has 0 bridgehead atoms. The van der Waals surface area contributed by atoms with Gasteiger partial charge in [-0.1, -0.05) is 0 Å². The summed E-state index contributed by atoms with van der Waals surface area (Å²) in [5.74, 6) is -0.429. The number of aryl methyl sites for hydroxylation is 2. The highest BCUT2D eigenvalue weighted by Crippen LogP contribution is 2.21. The quantitative estimate of drug-likeness (QED) is 0.676. The number of nitrogens with zero attached hydrogens (tertiary/aromatic N) is 6. The predicted octanol–water partition coefficient (Wildman–Crippen LogP) is 1.80. The van der Waals surface area contributed by atoms with Crippen molar-refractivity contribution in [1.29, 1.82) is 0 Å². The van der Waals surface area contributed by atoms with E-state index < -0.39 is 6.04 Å². The molecule has 2 aromatic rings. The molecule has 3 heterocycles. The molecular formula is C19H26BrN7O4. The minimum Gasteiger partial charge on any atom is -0.450 e. The maximum atomic E-state index is 12.9. The summed E-state index contributed by atoms with van der Waals surface area (Å²) in [4.78, 5) is 40.7. The van der Waals surface area contributed by atoms with Gasteiger partial charge in [-0.2, -0.15) is 10.2 Å². The highest BCUT2D eigenvalue weighted by Gasteiger charge is 2.29. The van der Waals surface area contributed by atoms with Crippen LogP contribution in [0.2, 0.25) is 0 Å². The number of rotatable bonds is 5. The molecule has 3 amide bonds. The molecule has 168 valence electrons. The Balaban J connectivity index is 1.64. The zero-order valence-electron chi connectivity index (χ0n) is 18.0. The number of hydrogen-bond acceptors (Lipinski definition) is 6. The van der Waals surface area contributed by atoms with Crippen molar-refractivity contribution < 1.29 is 19.1 Å². The second-order valence-electron chi connectivity index (χ2n) is 7.21. The molecule has 11 nitrogen and oxygen atoms in total. The summed E-state index contributed by atoms with van der Waals surface area (Å²) < 4.78 is 8.61. The molecule has 31 heavy (non-hydrogen) atoms. The van der Waals surface area contributed by atoms with Crippen molar-refractivity contribution in [2.75, 3.05) is 38.1 Å². The van der Waals surface area contributed by atoms with Crippen molar-refractivity contribution in [1.82, 2.24) is 29.4 Å². The number of ether oxygens (including phenoxy) is 1. The molecule has 1 saturated heterocycles.